The van der Waals surface area contributed by atoms with Crippen LogP contribution in [0.1, 0.15) is 22.3 Å². The van der Waals surface area contributed by atoms with Crippen LogP contribution in [0.2, 0.25) is 5.02 Å². The van der Waals surface area contributed by atoms with Gasteiger partial charge in [-0.25, -0.2) is 8.42 Å². The normalized spacial score (nSPS) is 11.4. The molecular formula is C17H15ClF2N2O2S. The van der Waals surface area contributed by atoms with Gasteiger partial charge < -0.3 is 5.32 Å². The molecule has 0 atom stereocenters. The van der Waals surface area contributed by atoms with Gasteiger partial charge in [-0.3, -0.25) is 0 Å². The average molecular weight is 385 g/mol. The number of sulfone groups is 1. The molecule has 0 saturated carbocycles. The summed E-state index contributed by atoms with van der Waals surface area (Å²) >= 11 is 6.03. The van der Waals surface area contributed by atoms with Crippen molar-refractivity contribution in [3.8, 4) is 6.07 Å². The first-order valence-electron chi connectivity index (χ1n) is 7.22. The second-order valence-electron chi connectivity index (χ2n) is 5.45. The van der Waals surface area contributed by atoms with E-state index in [0.29, 0.717) is 17.0 Å². The van der Waals surface area contributed by atoms with Gasteiger partial charge in [0.2, 0.25) is 9.84 Å². The molecule has 0 aromatic heterocycles. The summed E-state index contributed by atoms with van der Waals surface area (Å²) < 4.78 is 49.4. The number of nitrogens with zero attached hydrogens (tertiary/aromatic N) is 1. The van der Waals surface area contributed by atoms with E-state index >= 15 is 0 Å². The number of benzene rings is 2. The van der Waals surface area contributed by atoms with Crippen LogP contribution < -0.4 is 5.32 Å². The van der Waals surface area contributed by atoms with Crippen LogP contribution in [0, 0.1) is 18.3 Å². The van der Waals surface area contributed by atoms with Gasteiger partial charge in [0.1, 0.15) is 6.07 Å². The number of nitrogens with one attached hydrogen (secondary N) is 1. The first-order valence-corrected chi connectivity index (χ1v) is 9.15. The molecule has 0 radical (unpaired) electrons. The van der Waals surface area contributed by atoms with Crippen molar-refractivity contribution in [1.29, 1.82) is 5.26 Å². The van der Waals surface area contributed by atoms with Gasteiger partial charge in [0.25, 0.3) is 0 Å². The largest absolute Gasteiger partial charge is 0.386 e. The molecule has 0 unspecified atom stereocenters. The fourth-order valence-electron chi connectivity index (χ4n) is 2.62. The van der Waals surface area contributed by atoms with Gasteiger partial charge in [0.15, 0.2) is 0 Å². The number of rotatable bonds is 5. The lowest BCUT2D eigenvalue weighted by molar-refractivity contribution is 0.235. The van der Waals surface area contributed by atoms with E-state index in [9.17, 15) is 22.5 Å². The molecule has 2 rings (SSSR count). The van der Waals surface area contributed by atoms with Crippen molar-refractivity contribution in [2.75, 3.05) is 12.4 Å². The standard InChI is InChI=1S/C17H15ClF2N2O2S/c1-10-5-11(8-13(18)6-10)7-12-3-4-15(25(23,24)17(19)20)16(22-2)14(12)9-21/h3-6,8,17,22H,7H2,1-2H3. The van der Waals surface area contributed by atoms with E-state index in [0.717, 1.165) is 17.2 Å². The third-order valence-electron chi connectivity index (χ3n) is 3.65. The van der Waals surface area contributed by atoms with E-state index in [1.165, 1.54) is 13.1 Å². The van der Waals surface area contributed by atoms with Crippen LogP contribution in [0.3, 0.4) is 0 Å². The number of hydrogen-bond donors (Lipinski definition) is 1. The molecular weight excluding hydrogens is 370 g/mol. The average Bonchev–Trinajstić information content (AvgIpc) is 2.52. The number of aryl methyl sites for hydroxylation is 1. The van der Waals surface area contributed by atoms with Crippen LogP contribution in [0.5, 0.6) is 0 Å². The second-order valence-corrected chi connectivity index (χ2v) is 7.78. The molecule has 0 heterocycles. The summed E-state index contributed by atoms with van der Waals surface area (Å²) in [5.74, 6) is -3.56. The highest BCUT2D eigenvalue weighted by Crippen LogP contribution is 2.32. The maximum Gasteiger partial charge on any atom is 0.341 e. The molecule has 25 heavy (non-hydrogen) atoms. The monoisotopic (exact) mass is 384 g/mol. The first-order chi connectivity index (χ1) is 11.7. The highest BCUT2D eigenvalue weighted by Gasteiger charge is 2.31. The maximum absolute atomic E-state index is 12.9. The molecule has 132 valence electrons. The SMILES string of the molecule is CNc1c(S(=O)(=O)C(F)F)ccc(Cc2cc(C)cc(Cl)c2)c1C#N. The van der Waals surface area contributed by atoms with Crippen molar-refractivity contribution in [2.24, 2.45) is 0 Å². The Bertz CT molecular complexity index is 934. The lowest BCUT2D eigenvalue weighted by Gasteiger charge is -2.15. The molecule has 2 aromatic carbocycles. The van der Waals surface area contributed by atoms with Gasteiger partial charge in [-0.15, -0.1) is 0 Å². The molecule has 0 aliphatic carbocycles. The van der Waals surface area contributed by atoms with Gasteiger partial charge in [0, 0.05) is 12.1 Å². The van der Waals surface area contributed by atoms with E-state index in [1.54, 1.807) is 12.1 Å². The molecule has 0 aliphatic heterocycles. The Kier molecular flexibility index (Phi) is 5.65. The predicted octanol–water partition coefficient (Wildman–Crippen LogP) is 4.15. The van der Waals surface area contributed by atoms with Gasteiger partial charge in [-0.05, 0) is 48.2 Å². The first kappa shape index (κ1) is 19.2. The minimum absolute atomic E-state index is 0.0156. The fourth-order valence-corrected chi connectivity index (χ4v) is 3.87. The van der Waals surface area contributed by atoms with E-state index in [1.807, 2.05) is 19.1 Å². The smallest absolute Gasteiger partial charge is 0.341 e. The van der Waals surface area contributed by atoms with Gasteiger partial charge >= 0.3 is 5.76 Å². The van der Waals surface area contributed by atoms with Crippen LogP contribution >= 0.6 is 11.6 Å². The van der Waals surface area contributed by atoms with E-state index < -0.39 is 20.5 Å². The third kappa shape index (κ3) is 3.91. The quantitative estimate of drug-likeness (QED) is 0.840. The highest BCUT2D eigenvalue weighted by molar-refractivity contribution is 7.91. The van der Waals surface area contributed by atoms with E-state index in [2.05, 4.69) is 5.32 Å². The van der Waals surface area contributed by atoms with Crippen molar-refractivity contribution in [2.45, 2.75) is 24.0 Å². The van der Waals surface area contributed by atoms with Crippen LogP contribution in [-0.2, 0) is 16.3 Å². The molecule has 4 nitrogen and oxygen atoms in total. The van der Waals surface area contributed by atoms with E-state index in [4.69, 9.17) is 11.6 Å². The topological polar surface area (TPSA) is 70.0 Å². The van der Waals surface area contributed by atoms with Crippen molar-refractivity contribution in [3.05, 3.63) is 57.6 Å². The molecule has 0 spiro atoms. The Hall–Kier alpha value is -2.17. The van der Waals surface area contributed by atoms with Crippen LogP contribution in [0.15, 0.2) is 35.2 Å². The Morgan fingerprint density at radius 3 is 2.48 bits per heavy atom. The molecule has 1 N–H and O–H groups in total. The third-order valence-corrected chi connectivity index (χ3v) is 5.29. The summed E-state index contributed by atoms with van der Waals surface area (Å²) in [6.45, 7) is 1.87. The molecule has 0 fully saturated rings. The molecule has 2 aromatic rings. The minimum atomic E-state index is -4.82. The van der Waals surface area contributed by atoms with Crippen molar-refractivity contribution < 1.29 is 17.2 Å². The van der Waals surface area contributed by atoms with Crippen LogP contribution in [0.25, 0.3) is 0 Å². The zero-order valence-electron chi connectivity index (χ0n) is 13.5. The molecule has 0 bridgehead atoms. The number of anilines is 1. The highest BCUT2D eigenvalue weighted by atomic mass is 35.5. The summed E-state index contributed by atoms with van der Waals surface area (Å²) in [6.07, 6.45) is 0.313. The predicted molar refractivity (Wildman–Crippen MR) is 92.9 cm³/mol. The summed E-state index contributed by atoms with van der Waals surface area (Å²) in [4.78, 5) is -0.590. The maximum atomic E-state index is 12.9. The molecule has 0 aliphatic rings. The zero-order valence-corrected chi connectivity index (χ0v) is 15.0. The Balaban J connectivity index is 2.60. The number of hydrogen-bond acceptors (Lipinski definition) is 4. The van der Waals surface area contributed by atoms with Gasteiger partial charge in [-0.1, -0.05) is 23.7 Å². The summed E-state index contributed by atoms with van der Waals surface area (Å²) in [5, 5.41) is 12.6. The molecule has 0 amide bonds. The second kappa shape index (κ2) is 7.38. The van der Waals surface area contributed by atoms with Crippen molar-refractivity contribution >= 4 is 27.1 Å². The number of halogens is 3. The lowest BCUT2D eigenvalue weighted by Crippen LogP contribution is -2.15. The summed E-state index contributed by atoms with van der Waals surface area (Å²) in [6, 6.07) is 9.79. The lowest BCUT2D eigenvalue weighted by atomic mass is 9.98. The molecule has 8 heteroatoms. The van der Waals surface area contributed by atoms with E-state index in [-0.39, 0.29) is 11.3 Å². The van der Waals surface area contributed by atoms with Crippen LogP contribution in [-0.4, -0.2) is 21.2 Å². The number of nitriles is 1. The molecule has 0 saturated heterocycles. The van der Waals surface area contributed by atoms with Crippen LogP contribution in [0.4, 0.5) is 14.5 Å². The summed E-state index contributed by atoms with van der Waals surface area (Å²) in [7, 11) is -3.44. The van der Waals surface area contributed by atoms with Gasteiger partial charge in [-0.2, -0.15) is 14.0 Å². The minimum Gasteiger partial charge on any atom is -0.386 e. The Morgan fingerprint density at radius 1 is 1.28 bits per heavy atom. The summed E-state index contributed by atoms with van der Waals surface area (Å²) in [5.41, 5.74) is 2.17. The fraction of sp³-hybridized carbons (Fsp3) is 0.235. The van der Waals surface area contributed by atoms with Crippen molar-refractivity contribution in [1.82, 2.24) is 0 Å². The van der Waals surface area contributed by atoms with Gasteiger partial charge in [0.05, 0.1) is 16.1 Å². The van der Waals surface area contributed by atoms with Crippen molar-refractivity contribution in [3.63, 3.8) is 0 Å². The zero-order chi connectivity index (χ0) is 18.8. The number of alkyl halides is 2. The Morgan fingerprint density at radius 2 is 1.96 bits per heavy atom. The Labute approximate surface area is 150 Å².